The van der Waals surface area contributed by atoms with Crippen molar-refractivity contribution in [3.05, 3.63) is 87.7 Å². The van der Waals surface area contributed by atoms with Crippen LogP contribution in [-0.2, 0) is 11.2 Å². The zero-order valence-corrected chi connectivity index (χ0v) is 19.0. The van der Waals surface area contributed by atoms with Gasteiger partial charge in [-0.1, -0.05) is 28.1 Å². The van der Waals surface area contributed by atoms with Crippen LogP contribution < -0.4 is 10.5 Å². The lowest BCUT2D eigenvalue weighted by molar-refractivity contribution is -0.136. The van der Waals surface area contributed by atoms with Gasteiger partial charge in [-0.05, 0) is 65.7 Å². The summed E-state index contributed by atoms with van der Waals surface area (Å²) in [7, 11) is 0. The van der Waals surface area contributed by atoms with Crippen molar-refractivity contribution >= 4 is 39.1 Å². The summed E-state index contributed by atoms with van der Waals surface area (Å²) >= 11 is 3.24. The van der Waals surface area contributed by atoms with Crippen LogP contribution in [0.1, 0.15) is 11.1 Å². The fourth-order valence-electron chi connectivity index (χ4n) is 3.25. The Hall–Kier alpha value is -3.49. The summed E-state index contributed by atoms with van der Waals surface area (Å²) in [5, 5.41) is 8.95. The maximum absolute atomic E-state index is 14.1. The first-order valence-electron chi connectivity index (χ1n) is 10.1. The van der Waals surface area contributed by atoms with Gasteiger partial charge < -0.3 is 20.0 Å². The lowest BCUT2D eigenvalue weighted by Crippen LogP contribution is -2.11. The van der Waals surface area contributed by atoms with Gasteiger partial charge in [-0.2, -0.15) is 0 Å². The van der Waals surface area contributed by atoms with Crippen LogP contribution in [0.25, 0.3) is 28.6 Å². The molecule has 3 aromatic carbocycles. The summed E-state index contributed by atoms with van der Waals surface area (Å²) in [6, 6.07) is 17.2. The van der Waals surface area contributed by atoms with Crippen LogP contribution in [0.2, 0.25) is 0 Å². The van der Waals surface area contributed by atoms with Gasteiger partial charge in [0.2, 0.25) is 5.89 Å². The molecule has 168 valence electrons. The van der Waals surface area contributed by atoms with E-state index in [1.54, 1.807) is 48.5 Å². The lowest BCUT2D eigenvalue weighted by atomic mass is 10.1. The van der Waals surface area contributed by atoms with Crippen molar-refractivity contribution in [2.75, 3.05) is 13.2 Å². The molecule has 0 saturated heterocycles. The number of fused-ring (bicyclic) bond motifs is 1. The van der Waals surface area contributed by atoms with E-state index in [2.05, 4.69) is 20.9 Å². The molecule has 0 atom stereocenters. The smallest absolute Gasteiger partial charge is 0.307 e. The van der Waals surface area contributed by atoms with Crippen molar-refractivity contribution in [1.29, 1.82) is 0 Å². The second kappa shape index (κ2) is 9.97. The molecule has 0 amide bonds. The Morgan fingerprint density at radius 3 is 2.64 bits per heavy atom. The number of aromatic nitrogens is 1. The minimum absolute atomic E-state index is 0.0716. The number of aliphatic carboxylic acids is 1. The molecule has 0 saturated carbocycles. The average molecular weight is 511 g/mol. The Morgan fingerprint density at radius 1 is 1.15 bits per heavy atom. The lowest BCUT2D eigenvalue weighted by Gasteiger charge is -2.09. The van der Waals surface area contributed by atoms with Gasteiger partial charge in [-0.15, -0.1) is 0 Å². The Bertz CT molecular complexity index is 1330. The third kappa shape index (κ3) is 5.66. The summed E-state index contributed by atoms with van der Waals surface area (Å²) in [6.45, 7) is 0.459. The van der Waals surface area contributed by atoms with Crippen LogP contribution in [0.3, 0.4) is 0 Å². The van der Waals surface area contributed by atoms with Crippen molar-refractivity contribution in [3.63, 3.8) is 0 Å². The van der Waals surface area contributed by atoms with Crippen LogP contribution in [0.4, 0.5) is 4.39 Å². The van der Waals surface area contributed by atoms with Gasteiger partial charge in [0.05, 0.1) is 6.42 Å². The van der Waals surface area contributed by atoms with Crippen LogP contribution in [-0.4, -0.2) is 29.2 Å². The Balaban J connectivity index is 1.45. The summed E-state index contributed by atoms with van der Waals surface area (Å²) in [5.41, 5.74) is 9.59. The van der Waals surface area contributed by atoms with Crippen molar-refractivity contribution in [3.8, 4) is 17.2 Å². The first-order chi connectivity index (χ1) is 15.9. The van der Waals surface area contributed by atoms with Gasteiger partial charge in [0.1, 0.15) is 23.7 Å². The standard InChI is InChI=1S/C25H20BrFN2O4/c26-19-5-2-18(21(27)12-19)9-16(13-28)14-32-20-6-3-17(4-7-20)25-29-22-10-15(11-24(30)31)1-8-23(22)33-25/h1-10,12H,11,13-14,28H2,(H,30,31). The number of ether oxygens (including phenoxy) is 1. The van der Waals surface area contributed by atoms with Gasteiger partial charge in [0, 0.05) is 22.1 Å². The van der Waals surface area contributed by atoms with Gasteiger partial charge in [0.15, 0.2) is 5.58 Å². The van der Waals surface area contributed by atoms with Gasteiger partial charge in [-0.3, -0.25) is 4.79 Å². The number of carboxylic acids is 1. The van der Waals surface area contributed by atoms with Gasteiger partial charge in [0.25, 0.3) is 0 Å². The SMILES string of the molecule is NCC(=Cc1ccc(Br)cc1F)COc1ccc(-c2nc3cc(CC(=O)O)ccc3o2)cc1. The first kappa shape index (κ1) is 22.7. The molecule has 0 fully saturated rings. The number of carboxylic acid groups (broad SMARTS) is 1. The number of nitrogens with two attached hydrogens (primary N) is 1. The molecule has 4 aromatic rings. The van der Waals surface area contributed by atoms with Crippen LogP contribution >= 0.6 is 15.9 Å². The van der Waals surface area contributed by atoms with Gasteiger partial charge in [-0.25, -0.2) is 9.37 Å². The van der Waals surface area contributed by atoms with Crippen LogP contribution in [0.5, 0.6) is 5.75 Å². The van der Waals surface area contributed by atoms with E-state index in [0.29, 0.717) is 38.3 Å². The van der Waals surface area contributed by atoms with E-state index < -0.39 is 5.97 Å². The highest BCUT2D eigenvalue weighted by Crippen LogP contribution is 2.27. The van der Waals surface area contributed by atoms with E-state index >= 15 is 0 Å². The first-order valence-corrected chi connectivity index (χ1v) is 10.9. The highest BCUT2D eigenvalue weighted by Gasteiger charge is 2.11. The highest BCUT2D eigenvalue weighted by atomic mass is 79.9. The topological polar surface area (TPSA) is 98.6 Å². The maximum atomic E-state index is 14.1. The molecule has 6 nitrogen and oxygen atoms in total. The molecule has 8 heteroatoms. The number of benzene rings is 3. The molecule has 0 aliphatic heterocycles. The molecule has 0 spiro atoms. The van der Waals surface area contributed by atoms with E-state index in [9.17, 15) is 9.18 Å². The Morgan fingerprint density at radius 2 is 1.94 bits per heavy atom. The molecular weight excluding hydrogens is 491 g/mol. The fourth-order valence-corrected chi connectivity index (χ4v) is 3.58. The Kier molecular flexibility index (Phi) is 6.86. The largest absolute Gasteiger partial charge is 0.489 e. The number of rotatable bonds is 8. The number of oxazole rings is 1. The maximum Gasteiger partial charge on any atom is 0.307 e. The number of carbonyl (C=O) groups is 1. The Labute approximate surface area is 197 Å². The second-order valence-electron chi connectivity index (χ2n) is 7.38. The third-order valence-electron chi connectivity index (χ3n) is 4.92. The normalized spacial score (nSPS) is 11.7. The molecule has 0 aliphatic carbocycles. The zero-order chi connectivity index (χ0) is 23.4. The van der Waals surface area contributed by atoms with Crippen molar-refractivity contribution in [2.45, 2.75) is 6.42 Å². The zero-order valence-electron chi connectivity index (χ0n) is 17.4. The molecular formula is C25H20BrFN2O4. The molecule has 0 bridgehead atoms. The van der Waals surface area contributed by atoms with E-state index in [0.717, 1.165) is 11.1 Å². The number of halogens is 2. The molecule has 3 N–H and O–H groups in total. The van der Waals surface area contributed by atoms with E-state index in [4.69, 9.17) is 20.0 Å². The van der Waals surface area contributed by atoms with Crippen LogP contribution in [0, 0.1) is 5.82 Å². The van der Waals surface area contributed by atoms with E-state index in [1.807, 2.05) is 12.1 Å². The number of hydrogen-bond acceptors (Lipinski definition) is 5. The second-order valence-corrected chi connectivity index (χ2v) is 8.29. The minimum Gasteiger partial charge on any atom is -0.489 e. The fraction of sp³-hybridized carbons (Fsp3) is 0.120. The monoisotopic (exact) mass is 510 g/mol. The summed E-state index contributed by atoms with van der Waals surface area (Å²) < 4.78 is 26.3. The highest BCUT2D eigenvalue weighted by molar-refractivity contribution is 9.10. The summed E-state index contributed by atoms with van der Waals surface area (Å²) in [5.74, 6) is -0.192. The predicted octanol–water partition coefficient (Wildman–Crippen LogP) is 5.44. The molecule has 0 aliphatic rings. The molecule has 33 heavy (non-hydrogen) atoms. The van der Waals surface area contributed by atoms with Crippen molar-refractivity contribution in [1.82, 2.24) is 4.98 Å². The van der Waals surface area contributed by atoms with Crippen molar-refractivity contribution in [2.24, 2.45) is 5.73 Å². The third-order valence-corrected chi connectivity index (χ3v) is 5.41. The molecule has 0 radical (unpaired) electrons. The predicted molar refractivity (Wildman–Crippen MR) is 127 cm³/mol. The molecule has 0 unspecified atom stereocenters. The molecule has 1 heterocycles. The van der Waals surface area contributed by atoms with E-state index in [1.165, 1.54) is 6.07 Å². The van der Waals surface area contributed by atoms with E-state index in [-0.39, 0.29) is 25.4 Å². The molecule has 4 rings (SSSR count). The number of nitrogens with zero attached hydrogens (tertiary/aromatic N) is 1. The summed E-state index contributed by atoms with van der Waals surface area (Å²) in [4.78, 5) is 15.4. The minimum atomic E-state index is -0.900. The summed E-state index contributed by atoms with van der Waals surface area (Å²) in [6.07, 6.45) is 1.62. The van der Waals surface area contributed by atoms with Crippen molar-refractivity contribution < 1.29 is 23.4 Å². The molecule has 1 aromatic heterocycles. The quantitative estimate of drug-likeness (QED) is 0.327. The van der Waals surface area contributed by atoms with Crippen LogP contribution in [0.15, 0.2) is 75.1 Å². The average Bonchev–Trinajstić information content (AvgIpc) is 3.21. The number of hydrogen-bond donors (Lipinski definition) is 2. The van der Waals surface area contributed by atoms with Gasteiger partial charge >= 0.3 is 5.97 Å².